The Bertz CT molecular complexity index is 568. The molecule has 2 aromatic rings. The first-order chi connectivity index (χ1) is 7.70. The van der Waals surface area contributed by atoms with Crippen molar-refractivity contribution < 1.29 is 4.74 Å². The number of rotatable bonds is 2. The highest BCUT2D eigenvalue weighted by molar-refractivity contribution is 7.71. The third kappa shape index (κ3) is 2.23. The molecule has 1 aromatic carbocycles. The second-order valence-electron chi connectivity index (χ2n) is 3.15. The number of nitrogens with zero attached hydrogens (tertiary/aromatic N) is 1. The largest absolute Gasteiger partial charge is 0.495 e. The fourth-order valence-electron chi connectivity index (χ4n) is 1.36. The van der Waals surface area contributed by atoms with E-state index >= 15 is 0 Å². The van der Waals surface area contributed by atoms with Crippen molar-refractivity contribution in [3.8, 4) is 17.0 Å². The van der Waals surface area contributed by atoms with E-state index in [1.807, 2.05) is 12.1 Å². The summed E-state index contributed by atoms with van der Waals surface area (Å²) in [4.78, 5) is 6.95. The first kappa shape index (κ1) is 11.1. The number of ether oxygens (including phenoxy) is 1. The molecule has 1 aromatic heterocycles. The van der Waals surface area contributed by atoms with E-state index in [0.29, 0.717) is 15.4 Å². The van der Waals surface area contributed by atoms with Crippen LogP contribution in [0.5, 0.6) is 5.75 Å². The first-order valence-electron chi connectivity index (χ1n) is 4.59. The Labute approximate surface area is 103 Å². The van der Waals surface area contributed by atoms with Gasteiger partial charge in [-0.1, -0.05) is 29.9 Å². The van der Waals surface area contributed by atoms with Crippen LogP contribution >= 0.6 is 23.8 Å². The van der Waals surface area contributed by atoms with E-state index in [1.165, 1.54) is 0 Å². The Balaban J connectivity index is 2.52. The van der Waals surface area contributed by atoms with E-state index < -0.39 is 0 Å². The minimum Gasteiger partial charge on any atom is -0.495 e. The lowest BCUT2D eigenvalue weighted by Crippen LogP contribution is -1.88. The highest BCUT2D eigenvalue weighted by atomic mass is 35.5. The molecule has 0 amide bonds. The van der Waals surface area contributed by atoms with E-state index in [4.69, 9.17) is 28.6 Å². The molecular weight excluding hydrogens is 244 g/mol. The predicted molar refractivity (Wildman–Crippen MR) is 66.4 cm³/mol. The molecule has 0 saturated carbocycles. The normalized spacial score (nSPS) is 10.1. The monoisotopic (exact) mass is 252 g/mol. The Hall–Kier alpha value is -1.39. The van der Waals surface area contributed by atoms with Crippen LogP contribution < -0.4 is 4.74 Å². The summed E-state index contributed by atoms with van der Waals surface area (Å²) in [5, 5.41) is 0.582. The molecule has 2 rings (SSSR count). The molecule has 0 aliphatic rings. The molecule has 3 nitrogen and oxygen atoms in total. The second kappa shape index (κ2) is 4.63. The predicted octanol–water partition coefficient (Wildman–Crippen LogP) is 3.47. The van der Waals surface area contributed by atoms with E-state index in [0.717, 1.165) is 11.3 Å². The van der Waals surface area contributed by atoms with Crippen LogP contribution in [0.1, 0.15) is 0 Å². The number of hydrogen-bond donors (Lipinski definition) is 1. The molecule has 0 unspecified atom stereocenters. The van der Waals surface area contributed by atoms with Crippen molar-refractivity contribution in [2.24, 2.45) is 0 Å². The maximum atomic E-state index is 5.95. The van der Waals surface area contributed by atoms with Gasteiger partial charge in [-0.05, 0) is 18.2 Å². The van der Waals surface area contributed by atoms with E-state index in [9.17, 15) is 0 Å². The lowest BCUT2D eigenvalue weighted by atomic mass is 10.1. The van der Waals surface area contributed by atoms with Crippen molar-refractivity contribution in [1.82, 2.24) is 9.97 Å². The lowest BCUT2D eigenvalue weighted by Gasteiger charge is -2.06. The topological polar surface area (TPSA) is 37.9 Å². The van der Waals surface area contributed by atoms with Crippen LogP contribution in [-0.4, -0.2) is 17.1 Å². The number of H-pyrrole nitrogens is 1. The Morgan fingerprint density at radius 3 is 2.88 bits per heavy atom. The van der Waals surface area contributed by atoms with Crippen molar-refractivity contribution in [2.75, 3.05) is 7.11 Å². The van der Waals surface area contributed by atoms with Crippen molar-refractivity contribution in [1.29, 1.82) is 0 Å². The van der Waals surface area contributed by atoms with Crippen LogP contribution in [0, 0.1) is 4.64 Å². The second-order valence-corrected chi connectivity index (χ2v) is 3.97. The maximum absolute atomic E-state index is 5.95. The summed E-state index contributed by atoms with van der Waals surface area (Å²) in [7, 11) is 1.58. The third-order valence-electron chi connectivity index (χ3n) is 2.14. The van der Waals surface area contributed by atoms with Crippen molar-refractivity contribution >= 4 is 23.8 Å². The summed E-state index contributed by atoms with van der Waals surface area (Å²) in [5.74, 6) is 0.635. The number of methoxy groups -OCH3 is 1. The zero-order chi connectivity index (χ0) is 11.5. The average molecular weight is 253 g/mol. The van der Waals surface area contributed by atoms with Crippen LogP contribution in [-0.2, 0) is 0 Å². The summed E-state index contributed by atoms with van der Waals surface area (Å²) >= 11 is 10.9. The zero-order valence-corrected chi connectivity index (χ0v) is 10.1. The molecular formula is C11H9ClN2OS. The Morgan fingerprint density at radius 2 is 2.19 bits per heavy atom. The van der Waals surface area contributed by atoms with Crippen LogP contribution in [0.15, 0.2) is 30.6 Å². The molecule has 5 heteroatoms. The number of aromatic nitrogens is 2. The van der Waals surface area contributed by atoms with Gasteiger partial charge in [0.25, 0.3) is 0 Å². The van der Waals surface area contributed by atoms with Crippen molar-refractivity contribution in [3.63, 3.8) is 0 Å². The Kier molecular flexibility index (Phi) is 3.22. The summed E-state index contributed by atoms with van der Waals surface area (Å²) in [5.41, 5.74) is 1.84. The smallest absolute Gasteiger partial charge is 0.138 e. The lowest BCUT2D eigenvalue weighted by molar-refractivity contribution is 0.415. The van der Waals surface area contributed by atoms with Gasteiger partial charge < -0.3 is 9.72 Å². The molecule has 0 spiro atoms. The van der Waals surface area contributed by atoms with E-state index in [1.54, 1.807) is 25.6 Å². The minimum absolute atomic E-state index is 0.544. The van der Waals surface area contributed by atoms with E-state index in [2.05, 4.69) is 9.97 Å². The van der Waals surface area contributed by atoms with Crippen LogP contribution in [0.3, 0.4) is 0 Å². The van der Waals surface area contributed by atoms with Gasteiger partial charge in [0.15, 0.2) is 0 Å². The molecule has 82 valence electrons. The van der Waals surface area contributed by atoms with Crippen molar-refractivity contribution in [2.45, 2.75) is 0 Å². The molecule has 0 aliphatic heterocycles. The van der Waals surface area contributed by atoms with Gasteiger partial charge in [0.2, 0.25) is 0 Å². The highest BCUT2D eigenvalue weighted by Crippen LogP contribution is 2.29. The molecule has 0 radical (unpaired) electrons. The SMILES string of the molecule is COc1cc(-c2cc(=S)nc[nH]2)ccc1Cl. The van der Waals surface area contributed by atoms with Crippen molar-refractivity contribution in [3.05, 3.63) is 40.3 Å². The molecule has 16 heavy (non-hydrogen) atoms. The molecule has 1 heterocycles. The number of benzene rings is 1. The molecule has 0 aliphatic carbocycles. The average Bonchev–Trinajstić information content (AvgIpc) is 2.29. The minimum atomic E-state index is 0.544. The van der Waals surface area contributed by atoms with Gasteiger partial charge in [-0.3, -0.25) is 0 Å². The molecule has 0 bridgehead atoms. The number of halogens is 1. The van der Waals surface area contributed by atoms with Gasteiger partial charge in [-0.25, -0.2) is 4.98 Å². The summed E-state index contributed by atoms with van der Waals surface area (Å²) in [6.07, 6.45) is 1.57. The molecule has 0 saturated heterocycles. The van der Waals surface area contributed by atoms with Gasteiger partial charge in [0.1, 0.15) is 10.4 Å². The number of hydrogen-bond acceptors (Lipinski definition) is 3. The van der Waals surface area contributed by atoms with Gasteiger partial charge in [0, 0.05) is 11.3 Å². The highest BCUT2D eigenvalue weighted by Gasteiger charge is 2.04. The zero-order valence-electron chi connectivity index (χ0n) is 8.53. The molecule has 0 fully saturated rings. The van der Waals surface area contributed by atoms with Crippen LogP contribution in [0.25, 0.3) is 11.3 Å². The number of nitrogens with one attached hydrogen (secondary N) is 1. The van der Waals surface area contributed by atoms with Gasteiger partial charge in [-0.2, -0.15) is 0 Å². The van der Waals surface area contributed by atoms with Gasteiger partial charge in [0.05, 0.1) is 18.5 Å². The third-order valence-corrected chi connectivity index (χ3v) is 2.68. The molecule has 0 atom stereocenters. The summed E-state index contributed by atoms with van der Waals surface area (Å²) in [6.45, 7) is 0. The fraction of sp³-hybridized carbons (Fsp3) is 0.0909. The number of aromatic amines is 1. The standard InChI is InChI=1S/C11H9ClN2OS/c1-15-10-4-7(2-3-8(10)12)9-5-11(16)14-6-13-9/h2-6H,1H3,(H,13,14,16). The van der Waals surface area contributed by atoms with Crippen LogP contribution in [0.4, 0.5) is 0 Å². The van der Waals surface area contributed by atoms with Crippen LogP contribution in [0.2, 0.25) is 5.02 Å². The van der Waals surface area contributed by atoms with Gasteiger partial charge >= 0.3 is 0 Å². The van der Waals surface area contributed by atoms with E-state index in [-0.39, 0.29) is 0 Å². The molecule has 1 N–H and O–H groups in total. The Morgan fingerprint density at radius 1 is 1.38 bits per heavy atom. The first-order valence-corrected chi connectivity index (χ1v) is 5.38. The quantitative estimate of drug-likeness (QED) is 0.832. The van der Waals surface area contributed by atoms with Gasteiger partial charge in [-0.15, -0.1) is 0 Å². The summed E-state index contributed by atoms with van der Waals surface area (Å²) in [6, 6.07) is 7.32. The maximum Gasteiger partial charge on any atom is 0.138 e. The fourth-order valence-corrected chi connectivity index (χ4v) is 1.73. The summed E-state index contributed by atoms with van der Waals surface area (Å²) < 4.78 is 5.69.